The Kier molecular flexibility index (Phi) is 3.18. The second-order valence-corrected chi connectivity index (χ2v) is 3.44. The minimum Gasteiger partial charge on any atom is -0.494 e. The minimum absolute atomic E-state index is 0.174. The van der Waals surface area contributed by atoms with E-state index in [0.29, 0.717) is 5.69 Å². The first-order chi connectivity index (χ1) is 8.24. The first kappa shape index (κ1) is 11.3. The van der Waals surface area contributed by atoms with Crippen molar-refractivity contribution in [2.45, 2.75) is 6.54 Å². The summed E-state index contributed by atoms with van der Waals surface area (Å²) in [5.74, 6) is -0.240. The molecule has 0 aliphatic heterocycles. The molecule has 0 saturated heterocycles. The summed E-state index contributed by atoms with van der Waals surface area (Å²) >= 11 is 0. The topological polar surface area (TPSA) is 44.1 Å². The highest BCUT2D eigenvalue weighted by Gasteiger charge is 2.07. The summed E-state index contributed by atoms with van der Waals surface area (Å²) in [5.41, 5.74) is 1.41. The second-order valence-electron chi connectivity index (χ2n) is 3.44. The maximum Gasteiger partial charge on any atom is 0.165 e. The molecule has 1 aromatic heterocycles. The molecule has 1 heterocycles. The van der Waals surface area contributed by atoms with Crippen LogP contribution in [0.15, 0.2) is 30.5 Å². The van der Waals surface area contributed by atoms with Gasteiger partial charge in [-0.1, -0.05) is 0 Å². The van der Waals surface area contributed by atoms with Crippen molar-refractivity contribution in [3.8, 4) is 17.0 Å². The standard InChI is InChI=1S/C12H11FN2O2/c1-17-12-8-9(2-3-10(12)13)11-4-5-15(14-11)6-7-16/h2-5,7-8H,6H2,1H3. The fourth-order valence-corrected chi connectivity index (χ4v) is 1.51. The molecule has 2 aromatic rings. The van der Waals surface area contributed by atoms with Crippen LogP contribution in [0.1, 0.15) is 0 Å². The smallest absolute Gasteiger partial charge is 0.165 e. The van der Waals surface area contributed by atoms with E-state index in [0.717, 1.165) is 11.8 Å². The van der Waals surface area contributed by atoms with Gasteiger partial charge in [0.25, 0.3) is 0 Å². The van der Waals surface area contributed by atoms with E-state index in [2.05, 4.69) is 5.10 Å². The van der Waals surface area contributed by atoms with E-state index in [9.17, 15) is 9.18 Å². The third-order valence-corrected chi connectivity index (χ3v) is 2.35. The van der Waals surface area contributed by atoms with Gasteiger partial charge in [0.2, 0.25) is 0 Å². The molecule has 0 aliphatic carbocycles. The lowest BCUT2D eigenvalue weighted by Gasteiger charge is -2.03. The lowest BCUT2D eigenvalue weighted by Crippen LogP contribution is -1.99. The van der Waals surface area contributed by atoms with Crippen LogP contribution >= 0.6 is 0 Å². The molecular weight excluding hydrogens is 223 g/mol. The number of aldehydes is 1. The SMILES string of the molecule is COc1cc(-c2ccn(CC=O)n2)ccc1F. The summed E-state index contributed by atoms with van der Waals surface area (Å²) in [4.78, 5) is 10.3. The number of carbonyl (C=O) groups is 1. The van der Waals surface area contributed by atoms with Crippen molar-refractivity contribution in [1.29, 1.82) is 0 Å². The normalized spacial score (nSPS) is 10.2. The highest BCUT2D eigenvalue weighted by Crippen LogP contribution is 2.24. The Morgan fingerprint density at radius 3 is 3.00 bits per heavy atom. The number of ether oxygens (including phenoxy) is 1. The van der Waals surface area contributed by atoms with Gasteiger partial charge in [0.1, 0.15) is 6.29 Å². The zero-order chi connectivity index (χ0) is 12.3. The molecule has 0 saturated carbocycles. The average molecular weight is 234 g/mol. The molecule has 1 aromatic carbocycles. The van der Waals surface area contributed by atoms with E-state index >= 15 is 0 Å². The van der Waals surface area contributed by atoms with Crippen LogP contribution < -0.4 is 4.74 Å². The van der Waals surface area contributed by atoms with Crippen LogP contribution in [0.25, 0.3) is 11.3 Å². The number of halogens is 1. The van der Waals surface area contributed by atoms with Gasteiger partial charge in [-0.3, -0.25) is 4.68 Å². The number of benzene rings is 1. The van der Waals surface area contributed by atoms with Crippen LogP contribution in [0.5, 0.6) is 5.75 Å². The molecule has 0 N–H and O–H groups in total. The molecule has 4 nitrogen and oxygen atoms in total. The Morgan fingerprint density at radius 2 is 2.29 bits per heavy atom. The lowest BCUT2D eigenvalue weighted by molar-refractivity contribution is -0.108. The predicted molar refractivity (Wildman–Crippen MR) is 60.2 cm³/mol. The van der Waals surface area contributed by atoms with Gasteiger partial charge in [0.15, 0.2) is 11.6 Å². The second kappa shape index (κ2) is 4.78. The molecular formula is C12H11FN2O2. The summed E-state index contributed by atoms with van der Waals surface area (Å²) in [7, 11) is 1.41. The highest BCUT2D eigenvalue weighted by molar-refractivity contribution is 5.61. The molecule has 0 spiro atoms. The fourth-order valence-electron chi connectivity index (χ4n) is 1.51. The van der Waals surface area contributed by atoms with E-state index in [1.165, 1.54) is 17.9 Å². The molecule has 17 heavy (non-hydrogen) atoms. The predicted octanol–water partition coefficient (Wildman–Crippen LogP) is 1.90. The number of rotatable bonds is 4. The Morgan fingerprint density at radius 1 is 1.47 bits per heavy atom. The van der Waals surface area contributed by atoms with E-state index in [1.54, 1.807) is 24.4 Å². The fraction of sp³-hybridized carbons (Fsp3) is 0.167. The average Bonchev–Trinajstić information content (AvgIpc) is 2.79. The van der Waals surface area contributed by atoms with Crippen molar-refractivity contribution in [2.24, 2.45) is 0 Å². The monoisotopic (exact) mass is 234 g/mol. The van der Waals surface area contributed by atoms with Crippen molar-refractivity contribution in [2.75, 3.05) is 7.11 Å². The zero-order valence-electron chi connectivity index (χ0n) is 9.26. The van der Waals surface area contributed by atoms with Gasteiger partial charge in [0.05, 0.1) is 19.3 Å². The highest BCUT2D eigenvalue weighted by atomic mass is 19.1. The van der Waals surface area contributed by atoms with Crippen LogP contribution in [-0.4, -0.2) is 23.2 Å². The van der Waals surface area contributed by atoms with Crippen LogP contribution in [0.2, 0.25) is 0 Å². The van der Waals surface area contributed by atoms with Gasteiger partial charge in [-0.25, -0.2) is 4.39 Å². The molecule has 88 valence electrons. The summed E-state index contributed by atoms with van der Waals surface area (Å²) in [6.07, 6.45) is 2.46. The van der Waals surface area contributed by atoms with Crippen molar-refractivity contribution >= 4 is 6.29 Å². The summed E-state index contributed by atoms with van der Waals surface area (Å²) < 4.78 is 19.6. The van der Waals surface area contributed by atoms with Crippen molar-refractivity contribution in [1.82, 2.24) is 9.78 Å². The van der Waals surface area contributed by atoms with Gasteiger partial charge < -0.3 is 9.53 Å². The van der Waals surface area contributed by atoms with E-state index < -0.39 is 5.82 Å². The third-order valence-electron chi connectivity index (χ3n) is 2.35. The Bertz CT molecular complexity index is 537. The van der Waals surface area contributed by atoms with Gasteiger partial charge in [-0.2, -0.15) is 5.10 Å². The van der Waals surface area contributed by atoms with Crippen molar-refractivity contribution < 1.29 is 13.9 Å². The van der Waals surface area contributed by atoms with Gasteiger partial charge in [-0.05, 0) is 24.3 Å². The lowest BCUT2D eigenvalue weighted by atomic mass is 10.1. The van der Waals surface area contributed by atoms with Gasteiger partial charge >= 0.3 is 0 Å². The molecule has 0 unspecified atom stereocenters. The molecule has 0 radical (unpaired) electrons. The van der Waals surface area contributed by atoms with Crippen molar-refractivity contribution in [3.05, 3.63) is 36.3 Å². The molecule has 0 amide bonds. The number of carbonyl (C=O) groups excluding carboxylic acids is 1. The largest absolute Gasteiger partial charge is 0.494 e. The first-order valence-electron chi connectivity index (χ1n) is 5.05. The molecule has 0 aliphatic rings. The molecule has 0 atom stereocenters. The van der Waals surface area contributed by atoms with Gasteiger partial charge in [0, 0.05) is 11.8 Å². The molecule has 0 fully saturated rings. The van der Waals surface area contributed by atoms with Crippen LogP contribution in [-0.2, 0) is 11.3 Å². The first-order valence-corrected chi connectivity index (χ1v) is 5.05. The van der Waals surface area contributed by atoms with E-state index in [1.807, 2.05) is 0 Å². The maximum atomic E-state index is 13.2. The van der Waals surface area contributed by atoms with Gasteiger partial charge in [-0.15, -0.1) is 0 Å². The summed E-state index contributed by atoms with van der Waals surface area (Å²) in [5, 5.41) is 4.18. The number of hydrogen-bond acceptors (Lipinski definition) is 3. The quantitative estimate of drug-likeness (QED) is 0.759. The Hall–Kier alpha value is -2.17. The molecule has 0 bridgehead atoms. The minimum atomic E-state index is -0.413. The Labute approximate surface area is 97.6 Å². The zero-order valence-corrected chi connectivity index (χ0v) is 9.26. The number of methoxy groups -OCH3 is 1. The van der Waals surface area contributed by atoms with E-state index in [-0.39, 0.29) is 12.3 Å². The number of nitrogens with zero attached hydrogens (tertiary/aromatic N) is 2. The molecule has 2 rings (SSSR count). The van der Waals surface area contributed by atoms with Crippen LogP contribution in [0, 0.1) is 5.82 Å². The van der Waals surface area contributed by atoms with E-state index in [4.69, 9.17) is 4.74 Å². The summed E-state index contributed by atoms with van der Waals surface area (Å²) in [6.45, 7) is 0.207. The summed E-state index contributed by atoms with van der Waals surface area (Å²) in [6, 6.07) is 6.28. The Balaban J connectivity index is 2.35. The number of hydrogen-bond donors (Lipinski definition) is 0. The maximum absolute atomic E-state index is 13.2. The third kappa shape index (κ3) is 2.33. The number of aromatic nitrogens is 2. The molecule has 5 heteroatoms. The van der Waals surface area contributed by atoms with Crippen LogP contribution in [0.4, 0.5) is 4.39 Å². The van der Waals surface area contributed by atoms with Crippen LogP contribution in [0.3, 0.4) is 0 Å². The van der Waals surface area contributed by atoms with Crippen molar-refractivity contribution in [3.63, 3.8) is 0 Å².